The van der Waals surface area contributed by atoms with Crippen LogP contribution in [0.15, 0.2) is 56.2 Å². The van der Waals surface area contributed by atoms with Crippen LogP contribution in [0.2, 0.25) is 0 Å². The van der Waals surface area contributed by atoms with Gasteiger partial charge >= 0.3 is 0 Å². The van der Waals surface area contributed by atoms with Gasteiger partial charge in [-0.1, -0.05) is 18.2 Å². The molecule has 1 atom stereocenters. The number of anilines is 1. The third-order valence-electron chi connectivity index (χ3n) is 4.62. The van der Waals surface area contributed by atoms with Crippen LogP contribution in [0.25, 0.3) is 0 Å². The molecule has 1 unspecified atom stereocenters. The topological polar surface area (TPSA) is 88.5 Å². The predicted molar refractivity (Wildman–Crippen MR) is 113 cm³/mol. The van der Waals surface area contributed by atoms with Crippen molar-refractivity contribution in [2.24, 2.45) is 4.40 Å². The number of hydrogen-bond acceptors (Lipinski definition) is 6. The van der Waals surface area contributed by atoms with Crippen molar-refractivity contribution in [3.05, 3.63) is 46.9 Å². The van der Waals surface area contributed by atoms with Crippen molar-refractivity contribution in [2.45, 2.75) is 17.9 Å². The Hall–Kier alpha value is -2.43. The molecule has 1 amide bonds. The number of rotatable bonds is 5. The molecule has 0 radical (unpaired) electrons. The van der Waals surface area contributed by atoms with Gasteiger partial charge in [-0.05, 0) is 41.1 Å². The number of para-hydroxylation sites is 1. The lowest BCUT2D eigenvalue weighted by molar-refractivity contribution is -0.113. The van der Waals surface area contributed by atoms with Crippen molar-refractivity contribution in [1.29, 1.82) is 0 Å². The fourth-order valence-corrected chi connectivity index (χ4v) is 5.06. The lowest BCUT2D eigenvalue weighted by Gasteiger charge is -2.25. The summed E-state index contributed by atoms with van der Waals surface area (Å²) in [4.78, 5) is 12.9. The predicted octanol–water partition coefficient (Wildman–Crippen LogP) is 2.88. The van der Waals surface area contributed by atoms with E-state index in [0.29, 0.717) is 11.4 Å². The Balaban J connectivity index is 2.06. The molecule has 1 saturated heterocycles. The molecule has 29 heavy (non-hydrogen) atoms. The van der Waals surface area contributed by atoms with Gasteiger partial charge in [0, 0.05) is 17.6 Å². The number of nitrogens with zero attached hydrogens (tertiary/aromatic N) is 3. The molecule has 154 valence electrons. The van der Waals surface area contributed by atoms with E-state index in [1.54, 1.807) is 43.2 Å². The third-order valence-corrected chi connectivity index (χ3v) is 6.87. The Labute approximate surface area is 177 Å². The van der Waals surface area contributed by atoms with E-state index in [1.165, 1.54) is 31.4 Å². The number of sulfonamides is 1. The standard InChI is InChI=1S/C19H20BrN3O5S/c1-12-18(19(24)23(22(12)2)13-8-6-5-7-9-13)21-29(25,26)17-11-16(28-4)15(27-3)10-14(17)20/h5-12H,1-4H3. The highest BCUT2D eigenvalue weighted by Gasteiger charge is 2.41. The molecule has 2 aromatic rings. The van der Waals surface area contributed by atoms with Gasteiger partial charge in [0.1, 0.15) is 10.6 Å². The highest BCUT2D eigenvalue weighted by atomic mass is 79.9. The zero-order chi connectivity index (χ0) is 21.3. The largest absolute Gasteiger partial charge is 0.493 e. The summed E-state index contributed by atoms with van der Waals surface area (Å²) in [5, 5.41) is 3.05. The number of amides is 1. The molecule has 0 aromatic heterocycles. The number of hydrogen-bond donors (Lipinski definition) is 0. The van der Waals surface area contributed by atoms with Gasteiger partial charge in [-0.15, -0.1) is 0 Å². The second-order valence-corrected chi connectivity index (χ2v) is 8.72. The SMILES string of the molecule is COc1cc(Br)c(S(=O)(=O)N=C2C(=O)N(c3ccccc3)N(C)C2C)cc1OC. The van der Waals surface area contributed by atoms with E-state index in [9.17, 15) is 13.2 Å². The molecule has 1 heterocycles. The van der Waals surface area contributed by atoms with Gasteiger partial charge in [0.2, 0.25) is 0 Å². The maximum atomic E-state index is 13.0. The first-order valence-corrected chi connectivity index (χ1v) is 10.8. The van der Waals surface area contributed by atoms with Gasteiger partial charge in [0.05, 0.1) is 25.9 Å². The van der Waals surface area contributed by atoms with Crippen molar-refractivity contribution in [3.63, 3.8) is 0 Å². The minimum absolute atomic E-state index is 0.0713. The molecular formula is C19H20BrN3O5S. The first kappa shape index (κ1) is 21.3. The highest BCUT2D eigenvalue weighted by molar-refractivity contribution is 9.10. The summed E-state index contributed by atoms with van der Waals surface area (Å²) >= 11 is 3.24. The van der Waals surface area contributed by atoms with Crippen LogP contribution in [0.4, 0.5) is 5.69 Å². The van der Waals surface area contributed by atoms with E-state index in [1.807, 2.05) is 6.07 Å². The summed E-state index contributed by atoms with van der Waals surface area (Å²) in [6.45, 7) is 1.72. The summed E-state index contributed by atoms with van der Waals surface area (Å²) in [5.41, 5.74) is 0.555. The minimum atomic E-state index is -4.20. The van der Waals surface area contributed by atoms with Crippen molar-refractivity contribution in [2.75, 3.05) is 26.3 Å². The molecule has 10 heteroatoms. The van der Waals surface area contributed by atoms with Crippen LogP contribution in [-0.4, -0.2) is 52.4 Å². The molecule has 0 bridgehead atoms. The van der Waals surface area contributed by atoms with Crippen LogP contribution in [-0.2, 0) is 14.8 Å². The lowest BCUT2D eigenvalue weighted by Crippen LogP contribution is -2.38. The van der Waals surface area contributed by atoms with Gasteiger partial charge in [-0.2, -0.15) is 12.8 Å². The van der Waals surface area contributed by atoms with E-state index in [0.717, 1.165) is 0 Å². The molecular weight excluding hydrogens is 462 g/mol. The summed E-state index contributed by atoms with van der Waals surface area (Å²) in [6, 6.07) is 11.2. The fraction of sp³-hybridized carbons (Fsp3) is 0.263. The number of halogens is 1. The molecule has 0 N–H and O–H groups in total. The van der Waals surface area contributed by atoms with E-state index < -0.39 is 22.0 Å². The molecule has 1 aliphatic heterocycles. The molecule has 1 fully saturated rings. The van der Waals surface area contributed by atoms with E-state index in [2.05, 4.69) is 20.3 Å². The molecule has 0 saturated carbocycles. The zero-order valence-corrected chi connectivity index (χ0v) is 18.7. The monoisotopic (exact) mass is 481 g/mol. The highest BCUT2D eigenvalue weighted by Crippen LogP contribution is 2.36. The van der Waals surface area contributed by atoms with Crippen molar-refractivity contribution < 1.29 is 22.7 Å². The molecule has 1 aliphatic rings. The quantitative estimate of drug-likeness (QED) is 0.652. The van der Waals surface area contributed by atoms with E-state index in [-0.39, 0.29) is 20.8 Å². The van der Waals surface area contributed by atoms with Gasteiger partial charge < -0.3 is 9.47 Å². The van der Waals surface area contributed by atoms with Gasteiger partial charge in [0.25, 0.3) is 15.9 Å². The number of benzene rings is 2. The number of carbonyl (C=O) groups excluding carboxylic acids is 1. The van der Waals surface area contributed by atoms with Crippen molar-refractivity contribution in [3.8, 4) is 11.5 Å². The van der Waals surface area contributed by atoms with Crippen LogP contribution in [0.3, 0.4) is 0 Å². The average Bonchev–Trinajstić information content (AvgIpc) is 2.91. The van der Waals surface area contributed by atoms with Crippen molar-refractivity contribution in [1.82, 2.24) is 5.01 Å². The normalized spacial score (nSPS) is 19.1. The Bertz CT molecular complexity index is 1070. The molecule has 8 nitrogen and oxygen atoms in total. The second kappa shape index (κ2) is 8.13. The number of carbonyl (C=O) groups is 1. The summed E-state index contributed by atoms with van der Waals surface area (Å²) in [7, 11) is 0.366. The van der Waals surface area contributed by atoms with Gasteiger partial charge in [0.15, 0.2) is 11.5 Å². The van der Waals surface area contributed by atoms with Crippen molar-refractivity contribution >= 4 is 43.3 Å². The van der Waals surface area contributed by atoms with Crippen LogP contribution in [0, 0.1) is 0 Å². The zero-order valence-electron chi connectivity index (χ0n) is 16.3. The lowest BCUT2D eigenvalue weighted by atomic mass is 10.2. The van der Waals surface area contributed by atoms with E-state index in [4.69, 9.17) is 9.47 Å². The minimum Gasteiger partial charge on any atom is -0.493 e. The smallest absolute Gasteiger partial charge is 0.289 e. The molecule has 0 spiro atoms. The Morgan fingerprint density at radius 3 is 2.24 bits per heavy atom. The second-order valence-electron chi connectivity index (χ2n) is 6.29. The Kier molecular flexibility index (Phi) is 5.97. The number of ether oxygens (including phenoxy) is 2. The van der Waals surface area contributed by atoms with E-state index >= 15 is 0 Å². The summed E-state index contributed by atoms with van der Waals surface area (Å²) in [5.74, 6) is 0.112. The van der Waals surface area contributed by atoms with Gasteiger partial charge in [-0.3, -0.25) is 4.79 Å². The first-order chi connectivity index (χ1) is 13.7. The number of methoxy groups -OCH3 is 2. The van der Waals surface area contributed by atoms with Gasteiger partial charge in [-0.25, -0.2) is 10.0 Å². The van der Waals surface area contributed by atoms with Crippen LogP contribution < -0.4 is 14.5 Å². The summed E-state index contributed by atoms with van der Waals surface area (Å²) in [6.07, 6.45) is 0. The average molecular weight is 482 g/mol. The summed E-state index contributed by atoms with van der Waals surface area (Å²) < 4.78 is 40.5. The fourth-order valence-electron chi connectivity index (χ4n) is 2.98. The Morgan fingerprint density at radius 2 is 1.66 bits per heavy atom. The third kappa shape index (κ3) is 3.87. The number of hydrazine groups is 1. The van der Waals surface area contributed by atoms with Crippen LogP contribution in [0.1, 0.15) is 6.92 Å². The first-order valence-electron chi connectivity index (χ1n) is 8.60. The van der Waals surface area contributed by atoms with Crippen LogP contribution >= 0.6 is 15.9 Å². The maximum Gasteiger partial charge on any atom is 0.289 e. The maximum absolute atomic E-state index is 13.0. The Morgan fingerprint density at radius 1 is 1.07 bits per heavy atom. The molecule has 3 rings (SSSR count). The molecule has 0 aliphatic carbocycles. The van der Waals surface area contributed by atoms with Crippen LogP contribution in [0.5, 0.6) is 11.5 Å². The molecule has 2 aromatic carbocycles.